The van der Waals surface area contributed by atoms with Gasteiger partial charge < -0.3 is 20.3 Å². The molecular weight excluding hydrogens is 557 g/mol. The molecule has 2 aromatic carbocycles. The third kappa shape index (κ3) is 7.72. The number of likely N-dealkylation sites (N-methyl/N-ethyl adjacent to an activating group) is 1. The minimum atomic E-state index is -4.67. The highest BCUT2D eigenvalue weighted by atomic mass is 19.4. The average molecular weight is 595 g/mol. The fourth-order valence-electron chi connectivity index (χ4n) is 5.27. The summed E-state index contributed by atoms with van der Waals surface area (Å²) in [6, 6.07) is 12.7. The first-order valence-corrected chi connectivity index (χ1v) is 14.1. The molecule has 8 nitrogen and oxygen atoms in total. The van der Waals surface area contributed by atoms with Crippen LogP contribution < -0.4 is 20.3 Å². The van der Waals surface area contributed by atoms with E-state index in [1.807, 2.05) is 12.1 Å². The van der Waals surface area contributed by atoms with E-state index in [1.54, 1.807) is 37.4 Å². The van der Waals surface area contributed by atoms with E-state index in [1.165, 1.54) is 6.08 Å². The van der Waals surface area contributed by atoms with Crippen LogP contribution in [-0.4, -0.2) is 60.1 Å². The number of anilines is 4. The van der Waals surface area contributed by atoms with Crippen molar-refractivity contribution in [1.82, 2.24) is 14.9 Å². The Morgan fingerprint density at radius 2 is 1.98 bits per heavy atom. The highest BCUT2D eigenvalue weighted by Gasteiger charge is 2.37. The molecule has 1 aliphatic heterocycles. The van der Waals surface area contributed by atoms with Gasteiger partial charge in [-0.3, -0.25) is 9.69 Å². The maximum Gasteiger partial charge on any atom is 0.419 e. The number of halogens is 3. The van der Waals surface area contributed by atoms with Gasteiger partial charge in [-0.05, 0) is 55.8 Å². The third-order valence-corrected chi connectivity index (χ3v) is 7.50. The van der Waals surface area contributed by atoms with Crippen molar-refractivity contribution in [3.05, 3.63) is 90.8 Å². The summed E-state index contributed by atoms with van der Waals surface area (Å²) >= 11 is 0. The molecule has 1 amide bonds. The van der Waals surface area contributed by atoms with Crippen LogP contribution in [0.4, 0.5) is 36.2 Å². The SMILES string of the molecule is C=CC(=O)Nc1cccc(CC(C=C)c2nc(Nc3ccc(N4CCN(CC)C[C@@H]4C)c(OC)c3)ncc2C(F)(F)F)c1. The molecule has 1 unspecified atom stereocenters. The van der Waals surface area contributed by atoms with E-state index in [0.29, 0.717) is 22.7 Å². The number of carbonyl (C=O) groups is 1. The number of methoxy groups -OCH3 is 1. The summed E-state index contributed by atoms with van der Waals surface area (Å²) < 4.78 is 47.9. The fraction of sp³-hybridized carbons (Fsp3) is 0.344. The number of rotatable bonds is 11. The van der Waals surface area contributed by atoms with Gasteiger partial charge in [0.15, 0.2) is 0 Å². The lowest BCUT2D eigenvalue weighted by Crippen LogP contribution is -2.51. The summed E-state index contributed by atoms with van der Waals surface area (Å²) in [6.07, 6.45) is -1.12. The molecular formula is C32H37F3N6O2. The molecule has 1 saturated heterocycles. The van der Waals surface area contributed by atoms with Crippen LogP contribution in [-0.2, 0) is 17.4 Å². The number of ether oxygens (including phenoxy) is 1. The Hall–Kier alpha value is -4.38. The van der Waals surface area contributed by atoms with Crippen molar-refractivity contribution in [2.45, 2.75) is 38.4 Å². The third-order valence-electron chi connectivity index (χ3n) is 7.50. The quantitative estimate of drug-likeness (QED) is 0.196. The predicted molar refractivity (Wildman–Crippen MR) is 164 cm³/mol. The molecule has 11 heteroatoms. The van der Waals surface area contributed by atoms with Crippen molar-refractivity contribution >= 4 is 28.9 Å². The monoisotopic (exact) mass is 594 g/mol. The summed E-state index contributed by atoms with van der Waals surface area (Å²) in [5.74, 6) is -0.518. The number of hydrogen-bond donors (Lipinski definition) is 2. The Kier molecular flexibility index (Phi) is 10.1. The van der Waals surface area contributed by atoms with Crippen molar-refractivity contribution in [3.63, 3.8) is 0 Å². The smallest absolute Gasteiger partial charge is 0.419 e. The van der Waals surface area contributed by atoms with Crippen molar-refractivity contribution in [2.24, 2.45) is 0 Å². The average Bonchev–Trinajstić information content (AvgIpc) is 2.99. The maximum atomic E-state index is 14.1. The lowest BCUT2D eigenvalue weighted by atomic mass is 9.93. The molecule has 0 saturated carbocycles. The summed E-state index contributed by atoms with van der Waals surface area (Å²) in [7, 11) is 1.59. The molecule has 2 N–H and O–H groups in total. The van der Waals surface area contributed by atoms with Gasteiger partial charge in [0.25, 0.3) is 0 Å². The van der Waals surface area contributed by atoms with Gasteiger partial charge in [0.2, 0.25) is 11.9 Å². The van der Waals surface area contributed by atoms with Gasteiger partial charge in [0.05, 0.1) is 24.1 Å². The molecule has 3 aromatic rings. The van der Waals surface area contributed by atoms with Crippen molar-refractivity contribution in [2.75, 3.05) is 48.8 Å². The number of nitrogens with zero attached hydrogens (tertiary/aromatic N) is 4. The zero-order valence-corrected chi connectivity index (χ0v) is 24.6. The number of hydrogen-bond acceptors (Lipinski definition) is 7. The predicted octanol–water partition coefficient (Wildman–Crippen LogP) is 6.41. The molecule has 2 heterocycles. The normalized spacial score (nSPS) is 16.3. The van der Waals surface area contributed by atoms with Gasteiger partial charge >= 0.3 is 6.18 Å². The molecule has 0 radical (unpaired) electrons. The molecule has 228 valence electrons. The highest BCUT2D eigenvalue weighted by molar-refractivity contribution is 5.98. The second-order valence-corrected chi connectivity index (χ2v) is 10.4. The fourth-order valence-corrected chi connectivity index (χ4v) is 5.27. The molecule has 43 heavy (non-hydrogen) atoms. The Balaban J connectivity index is 1.61. The summed E-state index contributed by atoms with van der Waals surface area (Å²) in [5.41, 5.74) is 1.59. The van der Waals surface area contributed by atoms with Gasteiger partial charge in [-0.15, -0.1) is 6.58 Å². The van der Waals surface area contributed by atoms with E-state index in [9.17, 15) is 18.0 Å². The Labute approximate surface area is 250 Å². The number of alkyl halides is 3. The minimum absolute atomic E-state index is 0.0154. The van der Waals surface area contributed by atoms with Gasteiger partial charge in [0, 0.05) is 55.2 Å². The highest BCUT2D eigenvalue weighted by Crippen LogP contribution is 2.37. The topological polar surface area (TPSA) is 82.6 Å². The standard InChI is InChI=1S/C32H37F3N6O2/c1-6-23(16-22-10-9-11-24(17-22)37-29(42)7-2)30-26(32(33,34)35)19-36-31(39-30)38-25-12-13-27(28(18-25)43-5)41-15-14-40(8-3)20-21(41)4/h6-7,9-13,17-19,21,23H,1-2,8,14-16,20H2,3-5H3,(H,37,42)(H,36,38,39)/t21-,23?/m0/s1. The zero-order valence-electron chi connectivity index (χ0n) is 24.6. The first-order chi connectivity index (χ1) is 20.6. The Morgan fingerprint density at radius 3 is 2.63 bits per heavy atom. The number of amides is 1. The van der Waals surface area contributed by atoms with Gasteiger partial charge in [0.1, 0.15) is 5.75 Å². The number of nitrogens with one attached hydrogen (secondary N) is 2. The van der Waals surface area contributed by atoms with Gasteiger partial charge in [-0.25, -0.2) is 9.97 Å². The van der Waals surface area contributed by atoms with Gasteiger partial charge in [-0.1, -0.05) is 31.7 Å². The lowest BCUT2D eigenvalue weighted by Gasteiger charge is -2.41. The molecule has 1 aliphatic rings. The summed E-state index contributed by atoms with van der Waals surface area (Å²) in [6.45, 7) is 15.3. The van der Waals surface area contributed by atoms with Crippen LogP contribution in [0.15, 0.2) is 74.0 Å². The van der Waals surface area contributed by atoms with E-state index in [2.05, 4.69) is 57.4 Å². The Bertz CT molecular complexity index is 1460. The molecule has 1 fully saturated rings. The summed E-state index contributed by atoms with van der Waals surface area (Å²) in [5, 5.41) is 5.71. The van der Waals surface area contributed by atoms with Crippen LogP contribution >= 0.6 is 0 Å². The second-order valence-electron chi connectivity index (χ2n) is 10.4. The van der Waals surface area contributed by atoms with E-state index in [4.69, 9.17) is 4.74 Å². The first-order valence-electron chi connectivity index (χ1n) is 14.1. The first kappa shape index (κ1) is 31.6. The number of piperazine rings is 1. The van der Waals surface area contributed by atoms with Crippen LogP contribution in [0.5, 0.6) is 5.75 Å². The van der Waals surface area contributed by atoms with Crippen molar-refractivity contribution in [3.8, 4) is 5.75 Å². The van der Waals surface area contributed by atoms with Gasteiger partial charge in [-0.2, -0.15) is 13.2 Å². The Morgan fingerprint density at radius 1 is 1.19 bits per heavy atom. The zero-order chi connectivity index (χ0) is 31.1. The molecule has 0 spiro atoms. The number of aromatic nitrogens is 2. The largest absolute Gasteiger partial charge is 0.495 e. The second kappa shape index (κ2) is 13.7. The van der Waals surface area contributed by atoms with Crippen molar-refractivity contribution < 1.29 is 22.7 Å². The van der Waals surface area contributed by atoms with Crippen LogP contribution in [0.3, 0.4) is 0 Å². The molecule has 2 atom stereocenters. The molecule has 1 aromatic heterocycles. The summed E-state index contributed by atoms with van der Waals surface area (Å²) in [4.78, 5) is 24.7. The number of allylic oxidation sites excluding steroid dienone is 1. The van der Waals surface area contributed by atoms with E-state index < -0.39 is 17.7 Å². The van der Waals surface area contributed by atoms with Crippen molar-refractivity contribution in [1.29, 1.82) is 0 Å². The number of benzene rings is 2. The molecule has 0 aliphatic carbocycles. The molecule has 4 rings (SSSR count). The van der Waals surface area contributed by atoms with Crippen LogP contribution in [0.2, 0.25) is 0 Å². The van der Waals surface area contributed by atoms with E-state index in [-0.39, 0.29) is 30.0 Å². The lowest BCUT2D eigenvalue weighted by molar-refractivity contribution is -0.138. The van der Waals surface area contributed by atoms with E-state index in [0.717, 1.165) is 44.1 Å². The molecule has 0 bridgehead atoms. The van der Waals surface area contributed by atoms with E-state index >= 15 is 0 Å². The van der Waals surface area contributed by atoms with Crippen LogP contribution in [0.1, 0.15) is 36.6 Å². The maximum absolute atomic E-state index is 14.1. The number of carbonyl (C=O) groups excluding carboxylic acids is 1. The van der Waals surface area contributed by atoms with Crippen LogP contribution in [0, 0.1) is 0 Å². The van der Waals surface area contributed by atoms with Crippen LogP contribution in [0.25, 0.3) is 0 Å². The minimum Gasteiger partial charge on any atom is -0.495 e.